The molecule has 7 nitrogen and oxygen atoms in total. The molecule has 2 aromatic rings. The number of carbonyl (C=O) groups is 4. The van der Waals surface area contributed by atoms with E-state index in [0.29, 0.717) is 30.6 Å². The van der Waals surface area contributed by atoms with E-state index in [4.69, 9.17) is 0 Å². The van der Waals surface area contributed by atoms with Crippen molar-refractivity contribution in [1.29, 1.82) is 0 Å². The molecule has 0 saturated carbocycles. The van der Waals surface area contributed by atoms with Crippen LogP contribution in [0.3, 0.4) is 0 Å². The van der Waals surface area contributed by atoms with Gasteiger partial charge in [-0.2, -0.15) is 0 Å². The van der Waals surface area contributed by atoms with Gasteiger partial charge in [0.15, 0.2) is 0 Å². The average Bonchev–Trinajstić information content (AvgIpc) is 3.10. The highest BCUT2D eigenvalue weighted by Crippen LogP contribution is 2.25. The lowest BCUT2D eigenvalue weighted by Crippen LogP contribution is -2.47. The molecule has 34 heavy (non-hydrogen) atoms. The van der Waals surface area contributed by atoms with Crippen LogP contribution in [0.25, 0.3) is 0 Å². The zero-order valence-corrected chi connectivity index (χ0v) is 19.5. The minimum atomic E-state index is -0.293. The van der Waals surface area contributed by atoms with Crippen molar-refractivity contribution in [2.45, 2.75) is 51.0 Å². The van der Waals surface area contributed by atoms with Crippen LogP contribution in [0, 0.1) is 0 Å². The van der Waals surface area contributed by atoms with E-state index in [1.54, 1.807) is 24.3 Å². The lowest BCUT2D eigenvalue weighted by molar-refractivity contribution is -0.134. The molecule has 2 aliphatic heterocycles. The molecule has 0 aliphatic carbocycles. The van der Waals surface area contributed by atoms with E-state index in [2.05, 4.69) is 5.32 Å². The third-order valence-electron chi connectivity index (χ3n) is 6.74. The molecule has 1 fully saturated rings. The molecule has 1 N–H and O–H groups in total. The molecule has 4 rings (SSSR count). The predicted molar refractivity (Wildman–Crippen MR) is 128 cm³/mol. The molecule has 2 heterocycles. The molecule has 0 aromatic heterocycles. The van der Waals surface area contributed by atoms with Gasteiger partial charge in [0, 0.05) is 32.1 Å². The van der Waals surface area contributed by atoms with Gasteiger partial charge >= 0.3 is 0 Å². The van der Waals surface area contributed by atoms with Crippen molar-refractivity contribution >= 4 is 23.6 Å². The van der Waals surface area contributed by atoms with Crippen molar-refractivity contribution in [3.8, 4) is 0 Å². The molecule has 178 valence electrons. The summed E-state index contributed by atoms with van der Waals surface area (Å²) in [4.78, 5) is 53.4. The number of imide groups is 1. The Morgan fingerprint density at radius 1 is 0.941 bits per heavy atom. The van der Waals surface area contributed by atoms with Crippen molar-refractivity contribution in [1.82, 2.24) is 15.1 Å². The number of likely N-dealkylation sites (tertiary alicyclic amines) is 1. The maximum atomic E-state index is 13.0. The monoisotopic (exact) mass is 461 g/mol. The molecule has 0 bridgehead atoms. The number of piperidine rings is 1. The van der Waals surface area contributed by atoms with Gasteiger partial charge in [0.1, 0.15) is 0 Å². The molecule has 2 aromatic carbocycles. The van der Waals surface area contributed by atoms with Crippen molar-refractivity contribution < 1.29 is 19.2 Å². The average molecular weight is 462 g/mol. The number of benzene rings is 2. The Balaban J connectivity index is 1.20. The van der Waals surface area contributed by atoms with Crippen LogP contribution in [0.4, 0.5) is 0 Å². The van der Waals surface area contributed by atoms with Gasteiger partial charge in [0.25, 0.3) is 11.8 Å². The number of amides is 4. The smallest absolute Gasteiger partial charge is 0.261 e. The maximum Gasteiger partial charge on any atom is 0.261 e. The highest BCUT2D eigenvalue weighted by atomic mass is 16.2. The van der Waals surface area contributed by atoms with Gasteiger partial charge in [0.2, 0.25) is 11.8 Å². The van der Waals surface area contributed by atoms with Crippen LogP contribution in [0.1, 0.15) is 71.2 Å². The number of carbonyl (C=O) groups excluding carboxylic acids is 4. The molecule has 0 spiro atoms. The highest BCUT2D eigenvalue weighted by molar-refractivity contribution is 6.21. The zero-order chi connectivity index (χ0) is 24.1. The van der Waals surface area contributed by atoms with Crippen molar-refractivity contribution in [2.24, 2.45) is 0 Å². The first-order chi connectivity index (χ1) is 16.5. The number of nitrogens with one attached hydrogen (secondary N) is 1. The number of nitrogens with zero attached hydrogens (tertiary/aromatic N) is 2. The fourth-order valence-corrected chi connectivity index (χ4v) is 4.84. The van der Waals surface area contributed by atoms with Crippen molar-refractivity contribution in [3.63, 3.8) is 0 Å². The molecule has 1 atom stereocenters. The SMILES string of the molecule is CCC(C(=O)N1CCC(NC(=O)CCCN2C(=O)c3ccccc3C2=O)CC1)c1ccccc1. The number of fused-ring (bicyclic) bond motifs is 1. The largest absolute Gasteiger partial charge is 0.353 e. The second kappa shape index (κ2) is 10.6. The summed E-state index contributed by atoms with van der Waals surface area (Å²) in [7, 11) is 0. The Bertz CT molecular complexity index is 1030. The summed E-state index contributed by atoms with van der Waals surface area (Å²) in [6, 6.07) is 16.7. The molecular weight excluding hydrogens is 430 g/mol. The second-order valence-electron chi connectivity index (χ2n) is 8.95. The van der Waals surface area contributed by atoms with Crippen molar-refractivity contribution in [2.75, 3.05) is 19.6 Å². The maximum absolute atomic E-state index is 13.0. The normalized spacial score (nSPS) is 17.0. The molecular formula is C27H31N3O4. The zero-order valence-electron chi connectivity index (χ0n) is 19.5. The van der Waals surface area contributed by atoms with Crippen LogP contribution in [-0.4, -0.2) is 59.1 Å². The first-order valence-electron chi connectivity index (χ1n) is 12.1. The van der Waals surface area contributed by atoms with E-state index in [1.165, 1.54) is 4.90 Å². The Morgan fingerprint density at radius 2 is 1.53 bits per heavy atom. The van der Waals surface area contributed by atoms with Gasteiger partial charge in [-0.1, -0.05) is 49.4 Å². The van der Waals surface area contributed by atoms with E-state index in [1.807, 2.05) is 42.2 Å². The lowest BCUT2D eigenvalue weighted by atomic mass is 9.93. The van der Waals surface area contributed by atoms with E-state index in [-0.39, 0.29) is 48.6 Å². The van der Waals surface area contributed by atoms with Crippen LogP contribution < -0.4 is 5.32 Å². The fraction of sp³-hybridized carbons (Fsp3) is 0.407. The molecule has 0 radical (unpaired) electrons. The van der Waals surface area contributed by atoms with Crippen LogP contribution in [0.2, 0.25) is 0 Å². The van der Waals surface area contributed by atoms with Crippen LogP contribution in [-0.2, 0) is 9.59 Å². The third kappa shape index (κ3) is 5.03. The van der Waals surface area contributed by atoms with Crippen LogP contribution >= 0.6 is 0 Å². The summed E-state index contributed by atoms with van der Waals surface area (Å²) >= 11 is 0. The standard InChI is InChI=1S/C27H31N3O4/c1-2-21(19-9-4-3-5-10-19)25(32)29-17-14-20(15-18-29)28-24(31)13-8-16-30-26(33)22-11-6-7-12-23(22)27(30)34/h3-7,9-12,20-21H,2,8,13-18H2,1H3,(H,28,31). The van der Waals surface area contributed by atoms with E-state index in [0.717, 1.165) is 24.8 Å². The van der Waals surface area contributed by atoms with Crippen LogP contribution in [0.5, 0.6) is 0 Å². The summed E-state index contributed by atoms with van der Waals surface area (Å²) in [6.07, 6.45) is 2.87. The van der Waals surface area contributed by atoms with Gasteiger partial charge in [-0.3, -0.25) is 24.1 Å². The Hall–Kier alpha value is -3.48. The summed E-state index contributed by atoms with van der Waals surface area (Å²) in [6.45, 7) is 3.51. The molecule has 4 amide bonds. The summed E-state index contributed by atoms with van der Waals surface area (Å²) < 4.78 is 0. The minimum Gasteiger partial charge on any atom is -0.353 e. The molecule has 2 aliphatic rings. The van der Waals surface area contributed by atoms with Gasteiger partial charge in [-0.05, 0) is 43.4 Å². The van der Waals surface area contributed by atoms with E-state index in [9.17, 15) is 19.2 Å². The number of rotatable bonds is 8. The molecule has 1 saturated heterocycles. The quantitative estimate of drug-likeness (QED) is 0.611. The highest BCUT2D eigenvalue weighted by Gasteiger charge is 2.34. The minimum absolute atomic E-state index is 0.0349. The van der Waals surface area contributed by atoms with Crippen molar-refractivity contribution in [3.05, 3.63) is 71.3 Å². The fourth-order valence-electron chi connectivity index (χ4n) is 4.84. The summed E-state index contributed by atoms with van der Waals surface area (Å²) in [5.74, 6) is -0.649. The second-order valence-corrected chi connectivity index (χ2v) is 8.95. The Morgan fingerprint density at radius 3 is 2.12 bits per heavy atom. The molecule has 7 heteroatoms. The molecule has 1 unspecified atom stereocenters. The first-order valence-corrected chi connectivity index (χ1v) is 12.1. The summed E-state index contributed by atoms with van der Waals surface area (Å²) in [5, 5.41) is 3.05. The third-order valence-corrected chi connectivity index (χ3v) is 6.74. The first kappa shape index (κ1) is 23.7. The van der Waals surface area contributed by atoms with E-state index >= 15 is 0 Å². The lowest BCUT2D eigenvalue weighted by Gasteiger charge is -2.34. The van der Waals surface area contributed by atoms with Crippen LogP contribution in [0.15, 0.2) is 54.6 Å². The Kier molecular flexibility index (Phi) is 7.40. The number of hydrogen-bond donors (Lipinski definition) is 1. The topological polar surface area (TPSA) is 86.8 Å². The van der Waals surface area contributed by atoms with E-state index < -0.39 is 0 Å². The van der Waals surface area contributed by atoms with Gasteiger partial charge in [-0.15, -0.1) is 0 Å². The Labute approximate surface area is 200 Å². The van der Waals surface area contributed by atoms with Gasteiger partial charge in [-0.25, -0.2) is 0 Å². The van der Waals surface area contributed by atoms with Gasteiger partial charge < -0.3 is 10.2 Å². The number of hydrogen-bond acceptors (Lipinski definition) is 4. The summed E-state index contributed by atoms with van der Waals surface area (Å²) in [5.41, 5.74) is 1.90. The predicted octanol–water partition coefficient (Wildman–Crippen LogP) is 3.36. The van der Waals surface area contributed by atoms with Gasteiger partial charge in [0.05, 0.1) is 17.0 Å².